The summed E-state index contributed by atoms with van der Waals surface area (Å²) in [5.41, 5.74) is 4.08. The Morgan fingerprint density at radius 1 is 0.570 bits per heavy atom. The van der Waals surface area contributed by atoms with Gasteiger partial charge in [-0.1, -0.05) is 75.6 Å². The maximum absolute atomic E-state index is 12.5. The van der Waals surface area contributed by atoms with Gasteiger partial charge in [0.15, 0.2) is 0 Å². The average Bonchev–Trinajstić information content (AvgIpc) is 3.45. The predicted molar refractivity (Wildman–Crippen MR) is 316 cm³/mol. The van der Waals surface area contributed by atoms with E-state index in [1.807, 2.05) is 42.5 Å². The highest BCUT2D eigenvalue weighted by atomic mass is 16.5. The Balaban J connectivity index is 0.000000308. The standard InChI is InChI=1S/C27H36O5.C22H32O4.C11H16O2.C4H8.C3H4O/c1-2-26(28)31-19-6-4-3-5-18-30-24-14-16-25(17-15-24)32-27(29)23-12-10-22(11-13-23)20-21-8-7-9-21;1-18(20-9-7-19(17-23)8-10-20)26-22-13-11-21(12-14-22)25-16-6-4-3-5-15-24-2;1-9-8-10(6-7-12-2)4-5-11(9)13-3;1-2-4-3-1;1-2-3-4/h2,14-17,20,22-23H,1,3-13,18-19H2;11-14,17,19-20H,1,3-10,15-16H2,2H3;4-5,8H,6-7H2,1-3H3;1-4H2;2-3H,1H2. The number of esters is 2. The molecular formula is C67H96O12. The van der Waals surface area contributed by atoms with Gasteiger partial charge in [-0.15, -0.1) is 0 Å². The molecule has 436 valence electrons. The SMILES string of the molecule is C1CCC1.C=C(Oc1ccc(OCCCCCCOC)cc1)C1CCC(C=O)CC1.C=CC(=O)OCCCCCCOc1ccc(OC(=O)C2CCC(C=C3CCC3)CC2)cc1.C=CC=O.COCCc1ccc(OC)c(C)c1. The summed E-state index contributed by atoms with van der Waals surface area (Å²) in [6, 6.07) is 21.2. The molecule has 0 heterocycles. The lowest BCUT2D eigenvalue weighted by atomic mass is 9.79. The Kier molecular flexibility index (Phi) is 36.5. The topological polar surface area (TPSA) is 142 Å². The van der Waals surface area contributed by atoms with Gasteiger partial charge < -0.3 is 42.7 Å². The molecule has 4 aliphatic carbocycles. The minimum absolute atomic E-state index is 0.0160. The summed E-state index contributed by atoms with van der Waals surface area (Å²) in [6.45, 7) is 16.0. The van der Waals surface area contributed by atoms with Crippen molar-refractivity contribution in [2.45, 2.75) is 161 Å². The molecule has 0 saturated heterocycles. The van der Waals surface area contributed by atoms with Crippen LogP contribution in [0.25, 0.3) is 0 Å². The van der Waals surface area contributed by atoms with Gasteiger partial charge in [0.25, 0.3) is 0 Å². The number of carbonyl (C=O) groups excluding carboxylic acids is 4. The van der Waals surface area contributed by atoms with Crippen LogP contribution in [-0.2, 0) is 39.8 Å². The van der Waals surface area contributed by atoms with Crippen LogP contribution in [0.5, 0.6) is 28.7 Å². The van der Waals surface area contributed by atoms with Crippen LogP contribution in [0.2, 0.25) is 0 Å². The molecule has 4 saturated carbocycles. The van der Waals surface area contributed by atoms with Crippen LogP contribution in [0.15, 0.2) is 116 Å². The Morgan fingerprint density at radius 2 is 1.06 bits per heavy atom. The first-order chi connectivity index (χ1) is 38.5. The highest BCUT2D eigenvalue weighted by molar-refractivity contribution is 5.81. The Hall–Kier alpha value is -5.98. The number of aryl methyl sites for hydroxylation is 1. The smallest absolute Gasteiger partial charge is 0.330 e. The van der Waals surface area contributed by atoms with Gasteiger partial charge in [-0.05, 0) is 207 Å². The van der Waals surface area contributed by atoms with Crippen LogP contribution in [0.1, 0.15) is 159 Å². The average molecular weight is 1090 g/mol. The molecule has 4 fully saturated rings. The first-order valence-corrected chi connectivity index (χ1v) is 29.2. The van der Waals surface area contributed by atoms with Gasteiger partial charge in [0.05, 0.1) is 45.2 Å². The van der Waals surface area contributed by atoms with Gasteiger partial charge in [-0.3, -0.25) is 9.59 Å². The minimum atomic E-state index is -0.369. The molecule has 0 aliphatic heterocycles. The normalized spacial score (nSPS) is 17.7. The van der Waals surface area contributed by atoms with Gasteiger partial charge in [0.1, 0.15) is 41.3 Å². The number of unbranched alkanes of at least 4 members (excludes halogenated alkanes) is 6. The summed E-state index contributed by atoms with van der Waals surface area (Å²) < 4.78 is 43.2. The van der Waals surface area contributed by atoms with E-state index in [0.717, 1.165) is 158 Å². The van der Waals surface area contributed by atoms with Crippen LogP contribution in [0.4, 0.5) is 0 Å². The highest BCUT2D eigenvalue weighted by Gasteiger charge is 2.28. The van der Waals surface area contributed by atoms with Crippen molar-refractivity contribution in [1.82, 2.24) is 0 Å². The second-order valence-electron chi connectivity index (χ2n) is 20.7. The number of benzene rings is 3. The van der Waals surface area contributed by atoms with E-state index in [9.17, 15) is 14.4 Å². The quantitative estimate of drug-likeness (QED) is 0.0124. The zero-order valence-electron chi connectivity index (χ0n) is 48.6. The van der Waals surface area contributed by atoms with Gasteiger partial charge >= 0.3 is 11.9 Å². The molecule has 0 spiro atoms. The minimum Gasteiger partial charge on any atom is -0.496 e. The number of allylic oxidation sites excluding steroid dienone is 4. The number of hydrogen-bond acceptors (Lipinski definition) is 12. The third kappa shape index (κ3) is 30.3. The number of carbonyl (C=O) groups is 4. The van der Waals surface area contributed by atoms with E-state index in [2.05, 4.69) is 44.9 Å². The highest BCUT2D eigenvalue weighted by Crippen LogP contribution is 2.36. The first kappa shape index (κ1) is 67.3. The molecule has 12 nitrogen and oxygen atoms in total. The van der Waals surface area contributed by atoms with Crippen molar-refractivity contribution in [2.75, 3.05) is 54.4 Å². The monoisotopic (exact) mass is 1090 g/mol. The molecule has 12 heteroatoms. The molecule has 0 N–H and O–H groups in total. The fourth-order valence-electron chi connectivity index (χ4n) is 9.06. The van der Waals surface area contributed by atoms with Crippen LogP contribution < -0.4 is 23.7 Å². The Morgan fingerprint density at radius 3 is 1.52 bits per heavy atom. The van der Waals surface area contributed by atoms with Crippen LogP contribution in [0.3, 0.4) is 0 Å². The molecule has 0 amide bonds. The zero-order chi connectivity index (χ0) is 57.1. The summed E-state index contributed by atoms with van der Waals surface area (Å²) >= 11 is 0. The summed E-state index contributed by atoms with van der Waals surface area (Å²) in [5.74, 6) is 5.52. The van der Waals surface area contributed by atoms with E-state index in [1.165, 1.54) is 74.6 Å². The Labute approximate surface area is 474 Å². The molecule has 0 radical (unpaired) electrons. The zero-order valence-corrected chi connectivity index (χ0v) is 48.6. The van der Waals surface area contributed by atoms with E-state index in [-0.39, 0.29) is 23.8 Å². The fourth-order valence-corrected chi connectivity index (χ4v) is 9.06. The third-order valence-corrected chi connectivity index (χ3v) is 14.5. The van der Waals surface area contributed by atoms with E-state index in [1.54, 1.807) is 39.0 Å². The lowest BCUT2D eigenvalue weighted by Gasteiger charge is -2.27. The summed E-state index contributed by atoms with van der Waals surface area (Å²) in [7, 11) is 5.15. The van der Waals surface area contributed by atoms with Crippen molar-refractivity contribution < 1.29 is 57.1 Å². The number of rotatable bonds is 29. The molecular weight excluding hydrogens is 997 g/mol. The molecule has 3 aromatic carbocycles. The number of ether oxygens (including phenoxy) is 8. The van der Waals surface area contributed by atoms with Crippen LogP contribution in [-0.4, -0.2) is 78.9 Å². The first-order valence-electron chi connectivity index (χ1n) is 29.2. The third-order valence-electron chi connectivity index (χ3n) is 14.5. The van der Waals surface area contributed by atoms with Gasteiger partial charge in [-0.2, -0.15) is 0 Å². The van der Waals surface area contributed by atoms with Crippen molar-refractivity contribution in [1.29, 1.82) is 0 Å². The van der Waals surface area contributed by atoms with E-state index in [4.69, 9.17) is 42.7 Å². The van der Waals surface area contributed by atoms with Gasteiger partial charge in [-0.25, -0.2) is 4.79 Å². The van der Waals surface area contributed by atoms with Crippen molar-refractivity contribution in [3.63, 3.8) is 0 Å². The van der Waals surface area contributed by atoms with Crippen molar-refractivity contribution in [3.8, 4) is 28.7 Å². The van der Waals surface area contributed by atoms with E-state index in [0.29, 0.717) is 37.1 Å². The van der Waals surface area contributed by atoms with Gasteiger partial charge in [0.2, 0.25) is 0 Å². The maximum Gasteiger partial charge on any atom is 0.330 e. The molecule has 0 aromatic heterocycles. The molecule has 4 aliphatic rings. The summed E-state index contributed by atoms with van der Waals surface area (Å²) in [4.78, 5) is 43.4. The van der Waals surface area contributed by atoms with Crippen molar-refractivity contribution in [2.24, 2.45) is 23.7 Å². The summed E-state index contributed by atoms with van der Waals surface area (Å²) in [5, 5.41) is 0. The summed E-state index contributed by atoms with van der Waals surface area (Å²) in [6.07, 6.45) is 33.6. The van der Waals surface area contributed by atoms with Gasteiger partial charge in [0, 0.05) is 38.7 Å². The number of hydrogen-bond donors (Lipinski definition) is 0. The molecule has 0 unspecified atom stereocenters. The lowest BCUT2D eigenvalue weighted by Crippen LogP contribution is -2.25. The van der Waals surface area contributed by atoms with E-state index < -0.39 is 0 Å². The van der Waals surface area contributed by atoms with Crippen molar-refractivity contribution >= 4 is 24.5 Å². The Bertz CT molecular complexity index is 2160. The van der Waals surface area contributed by atoms with Crippen LogP contribution in [0, 0.1) is 30.6 Å². The molecule has 7 rings (SSSR count). The molecule has 3 aromatic rings. The lowest BCUT2D eigenvalue weighted by molar-refractivity contribution is -0.140. The van der Waals surface area contributed by atoms with Crippen LogP contribution >= 0.6 is 0 Å². The molecule has 0 bridgehead atoms. The van der Waals surface area contributed by atoms with Crippen molar-refractivity contribution in [3.05, 3.63) is 127 Å². The largest absolute Gasteiger partial charge is 0.496 e. The predicted octanol–water partition coefficient (Wildman–Crippen LogP) is 15.5. The van der Waals surface area contributed by atoms with E-state index >= 15 is 0 Å². The fraction of sp³-hybridized carbons (Fsp3) is 0.552. The number of methoxy groups -OCH3 is 3. The molecule has 79 heavy (non-hydrogen) atoms. The maximum atomic E-state index is 12.5. The second-order valence-corrected chi connectivity index (χ2v) is 20.7. The molecule has 0 atom stereocenters. The number of aldehydes is 2. The second kappa shape index (κ2) is 42.9.